The third-order valence-corrected chi connectivity index (χ3v) is 2.79. The van der Waals surface area contributed by atoms with Gasteiger partial charge in [-0.15, -0.1) is 0 Å². The van der Waals surface area contributed by atoms with Gasteiger partial charge in [-0.05, 0) is 19.3 Å². The Morgan fingerprint density at radius 2 is 2.43 bits per heavy atom. The van der Waals surface area contributed by atoms with Crippen molar-refractivity contribution in [2.24, 2.45) is 0 Å². The van der Waals surface area contributed by atoms with Crippen molar-refractivity contribution in [3.63, 3.8) is 0 Å². The molecular formula is C10H15N3O. The van der Waals surface area contributed by atoms with Crippen LogP contribution in [0.4, 0.5) is 5.82 Å². The lowest BCUT2D eigenvalue weighted by Crippen LogP contribution is -2.23. The number of carbonyl (C=O) groups excluding carboxylic acids is 1. The van der Waals surface area contributed by atoms with Crippen LogP contribution in [0.25, 0.3) is 0 Å². The van der Waals surface area contributed by atoms with Crippen LogP contribution in [0.5, 0.6) is 0 Å². The summed E-state index contributed by atoms with van der Waals surface area (Å²) in [4.78, 5) is 11.4. The molecule has 0 saturated carbocycles. The van der Waals surface area contributed by atoms with Crippen molar-refractivity contribution in [2.45, 2.75) is 39.2 Å². The first-order chi connectivity index (χ1) is 6.76. The van der Waals surface area contributed by atoms with E-state index in [0.29, 0.717) is 12.3 Å². The summed E-state index contributed by atoms with van der Waals surface area (Å²) in [6.07, 6.45) is 3.47. The normalized spacial score (nSPS) is 20.4. The average molecular weight is 193 g/mol. The van der Waals surface area contributed by atoms with Gasteiger partial charge in [-0.2, -0.15) is 5.10 Å². The fourth-order valence-electron chi connectivity index (χ4n) is 1.96. The van der Waals surface area contributed by atoms with Crippen molar-refractivity contribution in [1.82, 2.24) is 9.78 Å². The number of fused-ring (bicyclic) bond motifs is 1. The van der Waals surface area contributed by atoms with E-state index in [2.05, 4.69) is 17.3 Å². The minimum Gasteiger partial charge on any atom is -0.311 e. The molecule has 0 saturated heterocycles. The first-order valence-corrected chi connectivity index (χ1v) is 5.11. The van der Waals surface area contributed by atoms with Crippen LogP contribution < -0.4 is 5.32 Å². The Morgan fingerprint density at radius 3 is 3.07 bits per heavy atom. The van der Waals surface area contributed by atoms with Crippen LogP contribution in [0.1, 0.15) is 38.2 Å². The van der Waals surface area contributed by atoms with E-state index < -0.39 is 0 Å². The highest BCUT2D eigenvalue weighted by Gasteiger charge is 2.26. The third-order valence-electron chi connectivity index (χ3n) is 2.79. The number of hydrogen-bond acceptors (Lipinski definition) is 2. The zero-order valence-corrected chi connectivity index (χ0v) is 8.58. The van der Waals surface area contributed by atoms with E-state index in [4.69, 9.17) is 0 Å². The fraction of sp³-hybridized carbons (Fsp3) is 0.600. The molecule has 0 radical (unpaired) electrons. The second-order valence-electron chi connectivity index (χ2n) is 3.62. The molecule has 1 aliphatic heterocycles. The van der Waals surface area contributed by atoms with Gasteiger partial charge in [0.15, 0.2) is 0 Å². The predicted molar refractivity (Wildman–Crippen MR) is 54.2 cm³/mol. The largest absolute Gasteiger partial charge is 0.311 e. The smallest absolute Gasteiger partial charge is 0.226 e. The zero-order valence-electron chi connectivity index (χ0n) is 8.58. The van der Waals surface area contributed by atoms with Gasteiger partial charge in [-0.3, -0.25) is 4.79 Å². The summed E-state index contributed by atoms with van der Waals surface area (Å²) < 4.78 is 1.84. The first-order valence-electron chi connectivity index (χ1n) is 5.11. The molecule has 1 aromatic rings. The van der Waals surface area contributed by atoms with E-state index in [1.165, 1.54) is 5.56 Å². The van der Waals surface area contributed by atoms with Gasteiger partial charge >= 0.3 is 0 Å². The van der Waals surface area contributed by atoms with Gasteiger partial charge in [0, 0.05) is 18.5 Å². The van der Waals surface area contributed by atoms with Crippen molar-refractivity contribution < 1.29 is 4.79 Å². The molecule has 0 aliphatic carbocycles. The molecule has 1 aliphatic rings. The second kappa shape index (κ2) is 3.44. The van der Waals surface area contributed by atoms with Gasteiger partial charge in [0.1, 0.15) is 5.82 Å². The van der Waals surface area contributed by atoms with Crippen LogP contribution in [-0.4, -0.2) is 15.7 Å². The monoisotopic (exact) mass is 193 g/mol. The van der Waals surface area contributed by atoms with Crippen LogP contribution in [0.15, 0.2) is 6.20 Å². The van der Waals surface area contributed by atoms with Crippen molar-refractivity contribution >= 4 is 11.7 Å². The van der Waals surface area contributed by atoms with Crippen LogP contribution in [-0.2, 0) is 11.3 Å². The van der Waals surface area contributed by atoms with Gasteiger partial charge in [-0.25, -0.2) is 4.68 Å². The summed E-state index contributed by atoms with van der Waals surface area (Å²) in [6.45, 7) is 4.93. The molecule has 4 heteroatoms. The Balaban J connectivity index is 2.42. The lowest BCUT2D eigenvalue weighted by molar-refractivity contribution is -0.116. The number of carbonyl (C=O) groups is 1. The van der Waals surface area contributed by atoms with E-state index in [-0.39, 0.29) is 5.91 Å². The number of nitrogens with zero attached hydrogens (tertiary/aromatic N) is 2. The summed E-state index contributed by atoms with van der Waals surface area (Å²) in [6, 6.07) is 0. The SMILES string of the molecule is CCC1CC(=O)Nc2c1cnn2CC. The average Bonchev–Trinajstić information content (AvgIpc) is 2.59. The maximum atomic E-state index is 11.4. The number of anilines is 1. The predicted octanol–water partition coefficient (Wildman–Crippen LogP) is 1.74. The summed E-state index contributed by atoms with van der Waals surface area (Å²) in [5.74, 6) is 1.36. The van der Waals surface area contributed by atoms with Gasteiger partial charge in [0.2, 0.25) is 5.91 Å². The summed E-state index contributed by atoms with van der Waals surface area (Å²) in [5, 5.41) is 7.14. The molecule has 2 rings (SSSR count). The minimum atomic E-state index is 0.111. The Morgan fingerprint density at radius 1 is 1.64 bits per heavy atom. The minimum absolute atomic E-state index is 0.111. The zero-order chi connectivity index (χ0) is 10.1. The molecule has 1 amide bonds. The highest BCUT2D eigenvalue weighted by Crippen LogP contribution is 2.33. The maximum Gasteiger partial charge on any atom is 0.226 e. The second-order valence-corrected chi connectivity index (χ2v) is 3.62. The Bertz CT molecular complexity index is 356. The van der Waals surface area contributed by atoms with E-state index in [1.807, 2.05) is 17.8 Å². The molecule has 0 spiro atoms. The molecule has 1 N–H and O–H groups in total. The maximum absolute atomic E-state index is 11.4. The number of aromatic nitrogens is 2. The molecular weight excluding hydrogens is 178 g/mol. The number of aryl methyl sites for hydroxylation is 1. The molecule has 76 valence electrons. The van der Waals surface area contributed by atoms with Crippen molar-refractivity contribution in [2.75, 3.05) is 5.32 Å². The van der Waals surface area contributed by atoms with Crippen molar-refractivity contribution in [1.29, 1.82) is 0 Å². The van der Waals surface area contributed by atoms with E-state index in [0.717, 1.165) is 18.8 Å². The van der Waals surface area contributed by atoms with Crippen LogP contribution in [0.2, 0.25) is 0 Å². The molecule has 1 unspecified atom stereocenters. The quantitative estimate of drug-likeness (QED) is 0.777. The third kappa shape index (κ3) is 1.31. The molecule has 4 nitrogen and oxygen atoms in total. The van der Waals surface area contributed by atoms with Crippen molar-refractivity contribution in [3.8, 4) is 0 Å². The lowest BCUT2D eigenvalue weighted by atomic mass is 9.92. The van der Waals surface area contributed by atoms with Gasteiger partial charge < -0.3 is 5.32 Å². The van der Waals surface area contributed by atoms with Crippen LogP contribution in [0.3, 0.4) is 0 Å². The molecule has 1 atom stereocenters. The number of nitrogens with one attached hydrogen (secondary N) is 1. The fourth-order valence-corrected chi connectivity index (χ4v) is 1.96. The summed E-state index contributed by atoms with van der Waals surface area (Å²) >= 11 is 0. The van der Waals surface area contributed by atoms with Gasteiger partial charge in [0.25, 0.3) is 0 Å². The van der Waals surface area contributed by atoms with Crippen LogP contribution >= 0.6 is 0 Å². The standard InChI is InChI=1S/C10H15N3O/c1-3-7-5-9(14)12-10-8(7)6-11-13(10)4-2/h6-7H,3-5H2,1-2H3,(H,12,14). The Hall–Kier alpha value is -1.32. The molecule has 0 bridgehead atoms. The number of amides is 1. The molecule has 0 fully saturated rings. The van der Waals surface area contributed by atoms with Crippen LogP contribution in [0, 0.1) is 0 Å². The van der Waals surface area contributed by atoms with Gasteiger partial charge in [-0.1, -0.05) is 6.92 Å². The summed E-state index contributed by atoms with van der Waals surface area (Å²) in [5.41, 5.74) is 1.19. The van der Waals surface area contributed by atoms with Gasteiger partial charge in [0.05, 0.1) is 6.20 Å². The number of rotatable bonds is 2. The Kier molecular flexibility index (Phi) is 2.27. The Labute approximate surface area is 83.3 Å². The highest BCUT2D eigenvalue weighted by molar-refractivity contribution is 5.93. The van der Waals surface area contributed by atoms with E-state index >= 15 is 0 Å². The summed E-state index contributed by atoms with van der Waals surface area (Å²) in [7, 11) is 0. The molecule has 2 heterocycles. The number of hydrogen-bond donors (Lipinski definition) is 1. The van der Waals surface area contributed by atoms with Crippen molar-refractivity contribution in [3.05, 3.63) is 11.8 Å². The lowest BCUT2D eigenvalue weighted by Gasteiger charge is -2.21. The molecule has 1 aromatic heterocycles. The molecule has 0 aromatic carbocycles. The first kappa shape index (κ1) is 9.24. The molecule has 14 heavy (non-hydrogen) atoms. The van der Waals surface area contributed by atoms with E-state index in [9.17, 15) is 4.79 Å². The topological polar surface area (TPSA) is 46.9 Å². The highest BCUT2D eigenvalue weighted by atomic mass is 16.1. The van der Waals surface area contributed by atoms with E-state index in [1.54, 1.807) is 0 Å².